The second-order valence-corrected chi connectivity index (χ2v) is 12.3. The zero-order valence-corrected chi connectivity index (χ0v) is 24.7. The summed E-state index contributed by atoms with van der Waals surface area (Å²) in [6, 6.07) is 19.1. The molecule has 208 valence electrons. The molecule has 1 unspecified atom stereocenters. The van der Waals surface area contributed by atoms with Gasteiger partial charge >= 0.3 is 0 Å². The number of sulfonamides is 1. The minimum Gasteiger partial charge on any atom is -0.354 e. The summed E-state index contributed by atoms with van der Waals surface area (Å²) in [4.78, 5) is 28.6. The maximum Gasteiger partial charge on any atom is 0.243 e. The molecule has 0 saturated heterocycles. The maximum absolute atomic E-state index is 13.8. The van der Waals surface area contributed by atoms with Gasteiger partial charge in [-0.2, -0.15) is 4.31 Å². The summed E-state index contributed by atoms with van der Waals surface area (Å²) in [6.07, 6.45) is 0.948. The Morgan fingerprint density at radius 3 is 2.18 bits per heavy atom. The fourth-order valence-corrected chi connectivity index (χ4v) is 5.47. The molecule has 3 aromatic rings. The molecule has 3 aromatic carbocycles. The number of hydrogen-bond donors (Lipinski definition) is 1. The van der Waals surface area contributed by atoms with Crippen molar-refractivity contribution in [3.05, 3.63) is 99.0 Å². The number of nitrogens with one attached hydrogen (secondary N) is 1. The molecule has 0 fully saturated rings. The molecular weight excluding hydrogens is 581 g/mol. The Labute approximate surface area is 244 Å². The number of carbonyl (C=O) groups is 2. The molecule has 0 spiro atoms. The zero-order valence-electron chi connectivity index (χ0n) is 21.6. The summed E-state index contributed by atoms with van der Waals surface area (Å²) in [7, 11) is -2.68. The number of rotatable bonds is 12. The molecule has 0 aliphatic carbocycles. The molecule has 39 heavy (non-hydrogen) atoms. The minimum absolute atomic E-state index is 0.000225. The van der Waals surface area contributed by atoms with Crippen LogP contribution in [0.4, 0.5) is 0 Å². The van der Waals surface area contributed by atoms with Crippen LogP contribution in [0.2, 0.25) is 15.1 Å². The van der Waals surface area contributed by atoms with Crippen molar-refractivity contribution in [3.63, 3.8) is 0 Å². The molecule has 0 heterocycles. The van der Waals surface area contributed by atoms with Crippen molar-refractivity contribution in [2.24, 2.45) is 0 Å². The maximum atomic E-state index is 13.8. The first-order valence-electron chi connectivity index (χ1n) is 12.3. The highest BCUT2D eigenvalue weighted by molar-refractivity contribution is 7.89. The van der Waals surface area contributed by atoms with Crippen molar-refractivity contribution >= 4 is 56.6 Å². The number of likely N-dealkylation sites (N-methyl/N-ethyl adjacent to an activating group) is 1. The lowest BCUT2D eigenvalue weighted by atomic mass is 10.0. The van der Waals surface area contributed by atoms with Gasteiger partial charge in [-0.1, -0.05) is 78.1 Å². The molecule has 0 radical (unpaired) electrons. The number of nitrogens with zero attached hydrogens (tertiary/aromatic N) is 2. The molecule has 7 nitrogen and oxygen atoms in total. The smallest absolute Gasteiger partial charge is 0.243 e. The van der Waals surface area contributed by atoms with Crippen LogP contribution >= 0.6 is 34.8 Å². The summed E-state index contributed by atoms with van der Waals surface area (Å²) in [5, 5.41) is 3.94. The van der Waals surface area contributed by atoms with Gasteiger partial charge in [-0.15, -0.1) is 0 Å². The van der Waals surface area contributed by atoms with Crippen LogP contribution in [-0.2, 0) is 32.6 Å². The molecule has 2 amide bonds. The third kappa shape index (κ3) is 8.43. The quantitative estimate of drug-likeness (QED) is 0.296. The molecule has 0 aliphatic rings. The lowest BCUT2D eigenvalue weighted by Crippen LogP contribution is -2.53. The highest BCUT2D eigenvalue weighted by Crippen LogP contribution is 2.25. The molecule has 3 rings (SSSR count). The second-order valence-electron chi connectivity index (χ2n) is 8.98. The van der Waals surface area contributed by atoms with Crippen molar-refractivity contribution < 1.29 is 18.0 Å². The van der Waals surface area contributed by atoms with Gasteiger partial charge in [0.25, 0.3) is 0 Å². The van der Waals surface area contributed by atoms with E-state index in [-0.39, 0.29) is 23.8 Å². The topological polar surface area (TPSA) is 86.8 Å². The molecule has 0 aliphatic heterocycles. The lowest BCUT2D eigenvalue weighted by Gasteiger charge is -2.32. The Bertz CT molecular complexity index is 1390. The molecule has 0 aromatic heterocycles. The van der Waals surface area contributed by atoms with Crippen LogP contribution < -0.4 is 5.32 Å². The van der Waals surface area contributed by atoms with Crippen molar-refractivity contribution in [3.8, 4) is 0 Å². The Morgan fingerprint density at radius 1 is 0.897 bits per heavy atom. The van der Waals surface area contributed by atoms with Gasteiger partial charge in [-0.05, 0) is 53.9 Å². The lowest BCUT2D eigenvalue weighted by molar-refractivity contribution is -0.141. The third-order valence-corrected chi connectivity index (χ3v) is 8.85. The summed E-state index contributed by atoms with van der Waals surface area (Å²) < 4.78 is 27.3. The van der Waals surface area contributed by atoms with E-state index in [9.17, 15) is 18.0 Å². The fraction of sp³-hybridized carbons (Fsp3) is 0.286. The molecule has 1 atom stereocenters. The molecular formula is C28H30Cl3N3O4S. The van der Waals surface area contributed by atoms with Gasteiger partial charge < -0.3 is 10.2 Å². The average molecular weight is 611 g/mol. The predicted octanol–water partition coefficient (Wildman–Crippen LogP) is 5.43. The summed E-state index contributed by atoms with van der Waals surface area (Å²) >= 11 is 18.2. The van der Waals surface area contributed by atoms with E-state index in [0.29, 0.717) is 33.6 Å². The highest BCUT2D eigenvalue weighted by atomic mass is 35.5. The van der Waals surface area contributed by atoms with E-state index < -0.39 is 28.5 Å². The van der Waals surface area contributed by atoms with Crippen LogP contribution in [0.25, 0.3) is 0 Å². The van der Waals surface area contributed by atoms with Gasteiger partial charge in [0.1, 0.15) is 6.04 Å². The predicted molar refractivity (Wildman–Crippen MR) is 156 cm³/mol. The van der Waals surface area contributed by atoms with Gasteiger partial charge in [0.15, 0.2) is 0 Å². The number of hydrogen-bond acceptors (Lipinski definition) is 4. The first-order chi connectivity index (χ1) is 18.5. The molecule has 1 N–H and O–H groups in total. The van der Waals surface area contributed by atoms with Gasteiger partial charge in [0.05, 0.1) is 21.5 Å². The Hall–Kier alpha value is -2.62. The largest absolute Gasteiger partial charge is 0.354 e. The van der Waals surface area contributed by atoms with E-state index in [0.717, 1.165) is 9.87 Å². The second kappa shape index (κ2) is 14.1. The van der Waals surface area contributed by atoms with E-state index >= 15 is 0 Å². The number of halogens is 3. The normalized spacial score (nSPS) is 12.3. The van der Waals surface area contributed by atoms with Crippen molar-refractivity contribution in [2.45, 2.75) is 37.2 Å². The van der Waals surface area contributed by atoms with Crippen molar-refractivity contribution in [1.82, 2.24) is 14.5 Å². The fourth-order valence-electron chi connectivity index (χ4n) is 3.91. The van der Waals surface area contributed by atoms with Crippen LogP contribution in [0.15, 0.2) is 77.7 Å². The average Bonchev–Trinajstić information content (AvgIpc) is 2.91. The van der Waals surface area contributed by atoms with Crippen LogP contribution in [0.3, 0.4) is 0 Å². The van der Waals surface area contributed by atoms with Crippen LogP contribution in [0.1, 0.15) is 24.5 Å². The Morgan fingerprint density at radius 2 is 1.56 bits per heavy atom. The third-order valence-electron chi connectivity index (χ3n) is 6.04. The van der Waals surface area contributed by atoms with E-state index in [1.165, 1.54) is 36.2 Å². The van der Waals surface area contributed by atoms with Crippen molar-refractivity contribution in [1.29, 1.82) is 0 Å². The van der Waals surface area contributed by atoms with E-state index in [2.05, 4.69) is 5.32 Å². The van der Waals surface area contributed by atoms with Crippen LogP contribution in [0.5, 0.6) is 0 Å². The van der Waals surface area contributed by atoms with E-state index in [4.69, 9.17) is 34.8 Å². The van der Waals surface area contributed by atoms with Gasteiger partial charge in [0, 0.05) is 31.6 Å². The van der Waals surface area contributed by atoms with Crippen LogP contribution in [0, 0.1) is 0 Å². The monoisotopic (exact) mass is 609 g/mol. The van der Waals surface area contributed by atoms with E-state index in [1.54, 1.807) is 18.2 Å². The first kappa shape index (κ1) is 30.9. The number of benzene rings is 3. The van der Waals surface area contributed by atoms with Crippen molar-refractivity contribution in [2.75, 3.05) is 20.1 Å². The van der Waals surface area contributed by atoms with Crippen LogP contribution in [-0.4, -0.2) is 55.6 Å². The number of amides is 2. The molecule has 0 saturated carbocycles. The summed E-state index contributed by atoms with van der Waals surface area (Å²) in [6.45, 7) is 1.89. The Balaban J connectivity index is 1.98. The summed E-state index contributed by atoms with van der Waals surface area (Å²) in [5.74, 6) is -0.883. The van der Waals surface area contributed by atoms with Gasteiger partial charge in [-0.25, -0.2) is 8.42 Å². The zero-order chi connectivity index (χ0) is 28.6. The first-order valence-corrected chi connectivity index (χ1v) is 14.9. The van der Waals surface area contributed by atoms with E-state index in [1.807, 2.05) is 37.3 Å². The molecule has 0 bridgehead atoms. The summed E-state index contributed by atoms with van der Waals surface area (Å²) in [5.41, 5.74) is 1.49. The SMILES string of the molecule is CCCNC(=O)C(Cc1ccccc1)N(Cc1ccc(Cl)c(Cl)c1)C(=O)CN(C)S(=O)(=O)c1ccc(Cl)cc1. The van der Waals surface area contributed by atoms with Gasteiger partial charge in [-0.3, -0.25) is 9.59 Å². The highest BCUT2D eigenvalue weighted by Gasteiger charge is 2.33. The standard InChI is InChI=1S/C28H30Cl3N3O4S/c1-3-15-32-28(36)26(17-20-7-5-4-6-8-20)34(18-21-9-14-24(30)25(31)16-21)27(35)19-33(2)39(37,38)23-12-10-22(29)11-13-23/h4-14,16,26H,3,15,17-19H2,1-2H3,(H,32,36). The number of carbonyl (C=O) groups excluding carboxylic acids is 2. The minimum atomic E-state index is -4.00. The molecule has 11 heteroatoms. The van der Waals surface area contributed by atoms with Gasteiger partial charge in [0.2, 0.25) is 21.8 Å². The Kier molecular flexibility index (Phi) is 11.2.